The number of carbonyl (C=O) groups excluding carboxylic acids is 2. The molecule has 0 atom stereocenters. The number of aromatic nitrogens is 1. The molecule has 1 aromatic carbocycles. The third-order valence-corrected chi connectivity index (χ3v) is 4.13. The largest absolute Gasteiger partial charge is 0.444 e. The van der Waals surface area contributed by atoms with Crippen molar-refractivity contribution >= 4 is 17.6 Å². The number of anilines is 1. The van der Waals surface area contributed by atoms with Crippen LogP contribution >= 0.6 is 0 Å². The third kappa shape index (κ3) is 4.48. The van der Waals surface area contributed by atoms with Crippen LogP contribution in [0.2, 0.25) is 0 Å². The molecule has 26 heavy (non-hydrogen) atoms. The number of amides is 1. The van der Waals surface area contributed by atoms with E-state index in [9.17, 15) is 9.59 Å². The van der Waals surface area contributed by atoms with Crippen molar-refractivity contribution in [1.82, 2.24) is 4.98 Å². The average Bonchev–Trinajstić information content (AvgIpc) is 3.37. The van der Waals surface area contributed by atoms with E-state index >= 15 is 0 Å². The maximum atomic E-state index is 12.1. The number of carbonyl (C=O) groups is 2. The van der Waals surface area contributed by atoms with Gasteiger partial charge in [-0.1, -0.05) is 24.3 Å². The highest BCUT2D eigenvalue weighted by molar-refractivity contribution is 6.01. The molecule has 5 nitrogen and oxygen atoms in total. The van der Waals surface area contributed by atoms with E-state index in [1.165, 1.54) is 25.3 Å². The van der Waals surface area contributed by atoms with E-state index in [0.29, 0.717) is 11.6 Å². The Kier molecular flexibility index (Phi) is 4.81. The molecule has 0 spiro atoms. The number of pyridine rings is 1. The number of hydrogen-bond donors (Lipinski definition) is 1. The Morgan fingerprint density at radius 3 is 2.54 bits per heavy atom. The Bertz CT molecular complexity index is 855. The quantitative estimate of drug-likeness (QED) is 0.744. The summed E-state index contributed by atoms with van der Waals surface area (Å²) in [5.41, 5.74) is 3.15. The first-order chi connectivity index (χ1) is 12.2. The van der Waals surface area contributed by atoms with Crippen molar-refractivity contribution in [2.45, 2.75) is 52.1 Å². The molecule has 0 saturated heterocycles. The van der Waals surface area contributed by atoms with Gasteiger partial charge in [0.15, 0.2) is 5.78 Å². The highest BCUT2D eigenvalue weighted by Crippen LogP contribution is 2.41. The lowest BCUT2D eigenvalue weighted by molar-refractivity contribution is 0.0636. The molecule has 138 valence electrons. The molecule has 1 aliphatic carbocycles. The minimum absolute atomic E-state index is 0. The standard InChI is InChI=1S/C21H24N2O3.H2/c1-13(24)19-18(23-20(25)26-21(2,3)4)11-17(12-22-19)16-7-5-6-15(10-16)14-8-9-14;/h5-7,10-12,14H,8-9H2,1-4H3,(H,23,25);1H. The van der Waals surface area contributed by atoms with E-state index < -0.39 is 11.7 Å². The molecule has 1 saturated carbocycles. The molecule has 0 bridgehead atoms. The summed E-state index contributed by atoms with van der Waals surface area (Å²) in [6.07, 6.45) is 3.53. The number of nitrogens with one attached hydrogen (secondary N) is 1. The van der Waals surface area contributed by atoms with Crippen LogP contribution in [0.3, 0.4) is 0 Å². The molecule has 1 amide bonds. The monoisotopic (exact) mass is 354 g/mol. The van der Waals surface area contributed by atoms with Crippen LogP contribution in [0, 0.1) is 0 Å². The number of ether oxygens (including phenoxy) is 1. The highest BCUT2D eigenvalue weighted by Gasteiger charge is 2.24. The summed E-state index contributed by atoms with van der Waals surface area (Å²) in [5.74, 6) is 0.438. The smallest absolute Gasteiger partial charge is 0.412 e. The fourth-order valence-corrected chi connectivity index (χ4v) is 2.80. The van der Waals surface area contributed by atoms with Crippen LogP contribution in [0.5, 0.6) is 0 Å². The van der Waals surface area contributed by atoms with Crippen molar-refractivity contribution in [3.63, 3.8) is 0 Å². The second-order valence-corrected chi connectivity index (χ2v) is 7.70. The first-order valence-electron chi connectivity index (χ1n) is 8.84. The van der Waals surface area contributed by atoms with Crippen LogP contribution < -0.4 is 5.32 Å². The number of ketones is 1. The Morgan fingerprint density at radius 1 is 1.19 bits per heavy atom. The maximum Gasteiger partial charge on any atom is 0.412 e. The van der Waals surface area contributed by atoms with Gasteiger partial charge < -0.3 is 4.74 Å². The van der Waals surface area contributed by atoms with Crippen LogP contribution in [-0.2, 0) is 4.74 Å². The minimum Gasteiger partial charge on any atom is -0.444 e. The topological polar surface area (TPSA) is 68.3 Å². The minimum atomic E-state index is -0.621. The number of hydrogen-bond acceptors (Lipinski definition) is 4. The molecule has 2 aromatic rings. The summed E-state index contributed by atoms with van der Waals surface area (Å²) >= 11 is 0. The zero-order valence-electron chi connectivity index (χ0n) is 15.6. The normalized spacial score (nSPS) is 14.0. The summed E-state index contributed by atoms with van der Waals surface area (Å²) in [7, 11) is 0. The molecule has 1 aliphatic rings. The van der Waals surface area contributed by atoms with E-state index in [-0.39, 0.29) is 12.9 Å². The van der Waals surface area contributed by atoms with Crippen LogP contribution in [0.15, 0.2) is 36.5 Å². The lowest BCUT2D eigenvalue weighted by atomic mass is 10.0. The van der Waals surface area contributed by atoms with Crippen molar-refractivity contribution in [3.8, 4) is 11.1 Å². The lowest BCUT2D eigenvalue weighted by Gasteiger charge is -2.20. The molecule has 1 fully saturated rings. The second kappa shape index (κ2) is 6.90. The Balaban J connectivity index is 0.00000261. The van der Waals surface area contributed by atoms with Gasteiger partial charge in [-0.05, 0) is 56.7 Å². The molecular formula is C21H26N2O3. The summed E-state index contributed by atoms with van der Waals surface area (Å²) in [6.45, 7) is 6.79. The summed E-state index contributed by atoms with van der Waals surface area (Å²) in [5, 5.41) is 2.66. The van der Waals surface area contributed by atoms with E-state index in [4.69, 9.17) is 4.74 Å². The molecule has 0 radical (unpaired) electrons. The van der Waals surface area contributed by atoms with Crippen LogP contribution in [-0.4, -0.2) is 22.5 Å². The molecule has 0 unspecified atom stereocenters. The van der Waals surface area contributed by atoms with Gasteiger partial charge >= 0.3 is 6.09 Å². The Labute approximate surface area is 155 Å². The Morgan fingerprint density at radius 2 is 1.92 bits per heavy atom. The van der Waals surface area contributed by atoms with Crippen molar-refractivity contribution in [1.29, 1.82) is 0 Å². The van der Waals surface area contributed by atoms with Gasteiger partial charge in [-0.2, -0.15) is 0 Å². The summed E-state index contributed by atoms with van der Waals surface area (Å²) in [4.78, 5) is 28.3. The summed E-state index contributed by atoms with van der Waals surface area (Å²) in [6, 6.07) is 10.1. The number of rotatable bonds is 4. The second-order valence-electron chi connectivity index (χ2n) is 7.70. The van der Waals surface area contributed by atoms with Crippen LogP contribution in [0.25, 0.3) is 11.1 Å². The van der Waals surface area contributed by atoms with Gasteiger partial charge in [0.05, 0.1) is 5.69 Å². The van der Waals surface area contributed by atoms with Gasteiger partial charge in [0, 0.05) is 20.1 Å². The number of nitrogens with zero attached hydrogens (tertiary/aromatic N) is 1. The van der Waals surface area contributed by atoms with Gasteiger partial charge in [0.1, 0.15) is 11.3 Å². The van der Waals surface area contributed by atoms with E-state index in [2.05, 4.69) is 22.4 Å². The van der Waals surface area contributed by atoms with Gasteiger partial charge in [0.25, 0.3) is 0 Å². The maximum absolute atomic E-state index is 12.1. The van der Waals surface area contributed by atoms with E-state index in [1.807, 2.05) is 12.1 Å². The molecule has 1 aromatic heterocycles. The van der Waals surface area contributed by atoms with E-state index in [0.717, 1.165) is 11.1 Å². The van der Waals surface area contributed by atoms with Crippen LogP contribution in [0.4, 0.5) is 10.5 Å². The first-order valence-corrected chi connectivity index (χ1v) is 8.84. The van der Waals surface area contributed by atoms with Crippen molar-refractivity contribution in [2.75, 3.05) is 5.32 Å². The van der Waals surface area contributed by atoms with Gasteiger partial charge in [0.2, 0.25) is 0 Å². The molecule has 5 heteroatoms. The van der Waals surface area contributed by atoms with Crippen molar-refractivity contribution in [2.24, 2.45) is 0 Å². The van der Waals surface area contributed by atoms with Gasteiger partial charge in [-0.15, -0.1) is 0 Å². The fraction of sp³-hybridized carbons (Fsp3) is 0.381. The predicted octanol–water partition coefficient (Wildman–Crippen LogP) is 5.42. The fourth-order valence-electron chi connectivity index (χ4n) is 2.80. The molecule has 1 N–H and O–H groups in total. The van der Waals surface area contributed by atoms with E-state index in [1.54, 1.807) is 33.0 Å². The zero-order chi connectivity index (χ0) is 18.9. The molecule has 0 aliphatic heterocycles. The third-order valence-electron chi connectivity index (χ3n) is 4.13. The SMILES string of the molecule is CC(=O)c1ncc(-c2cccc(C3CC3)c2)cc1NC(=O)OC(C)(C)C.[HH]. The average molecular weight is 354 g/mol. The number of benzene rings is 1. The first kappa shape index (κ1) is 18.1. The lowest BCUT2D eigenvalue weighted by Crippen LogP contribution is -2.27. The zero-order valence-corrected chi connectivity index (χ0v) is 15.6. The van der Waals surface area contributed by atoms with Crippen LogP contribution in [0.1, 0.15) is 63.9 Å². The van der Waals surface area contributed by atoms with Gasteiger partial charge in [-0.3, -0.25) is 15.1 Å². The number of Topliss-reactive ketones (excluding diaryl/α,β-unsaturated/α-hetero) is 1. The van der Waals surface area contributed by atoms with Crippen molar-refractivity contribution < 1.29 is 15.8 Å². The molecule has 1 heterocycles. The molecule has 3 rings (SSSR count). The highest BCUT2D eigenvalue weighted by atomic mass is 16.6. The Hall–Kier alpha value is -2.69. The van der Waals surface area contributed by atoms with Gasteiger partial charge in [-0.25, -0.2) is 4.79 Å². The summed E-state index contributed by atoms with van der Waals surface area (Å²) < 4.78 is 5.29. The van der Waals surface area contributed by atoms with Crippen molar-refractivity contribution in [3.05, 3.63) is 47.8 Å². The molecular weight excluding hydrogens is 328 g/mol. The predicted molar refractivity (Wildman–Crippen MR) is 104 cm³/mol.